The molecule has 2 aromatic heterocycles. The predicted octanol–water partition coefficient (Wildman–Crippen LogP) is 2.78. The van der Waals surface area contributed by atoms with Crippen molar-refractivity contribution in [2.24, 2.45) is 0 Å². The third-order valence-electron chi connectivity index (χ3n) is 3.92. The molecule has 20 heavy (non-hydrogen) atoms. The molecule has 3 rings (SSSR count). The molecule has 0 bridgehead atoms. The Morgan fingerprint density at radius 2 is 1.95 bits per heavy atom. The lowest BCUT2D eigenvalue weighted by atomic mass is 10.1. The fourth-order valence-corrected chi connectivity index (χ4v) is 2.85. The van der Waals surface area contributed by atoms with Gasteiger partial charge in [0.05, 0.1) is 12.1 Å². The van der Waals surface area contributed by atoms with E-state index < -0.39 is 0 Å². The SMILES string of the molecule is CO[C@H]1CCCCC[C@H]1Nc1ccc2nccnc2n1. The van der Waals surface area contributed by atoms with Gasteiger partial charge in [0.25, 0.3) is 0 Å². The molecule has 0 aliphatic heterocycles. The molecule has 106 valence electrons. The van der Waals surface area contributed by atoms with Gasteiger partial charge in [0.2, 0.25) is 0 Å². The zero-order valence-corrected chi connectivity index (χ0v) is 11.7. The summed E-state index contributed by atoms with van der Waals surface area (Å²) in [6.45, 7) is 0. The molecule has 0 spiro atoms. The average molecular weight is 272 g/mol. The summed E-state index contributed by atoms with van der Waals surface area (Å²) in [5.41, 5.74) is 1.50. The standard InChI is InChI=1S/C15H20N4O/c1-20-13-6-4-2-3-5-11(13)18-14-8-7-12-15(19-14)17-10-9-16-12/h7-11,13H,2-6H2,1H3,(H,17,18,19)/t11-,13+/m1/s1. The predicted molar refractivity (Wildman–Crippen MR) is 78.6 cm³/mol. The average Bonchev–Trinajstić information content (AvgIpc) is 2.72. The minimum atomic E-state index is 0.261. The van der Waals surface area contributed by atoms with E-state index in [-0.39, 0.29) is 6.10 Å². The van der Waals surface area contributed by atoms with Gasteiger partial charge in [0.15, 0.2) is 5.65 Å². The molecule has 0 unspecified atom stereocenters. The van der Waals surface area contributed by atoms with Gasteiger partial charge in [-0.25, -0.2) is 9.97 Å². The first kappa shape index (κ1) is 13.2. The summed E-state index contributed by atoms with van der Waals surface area (Å²) in [6, 6.07) is 4.24. The molecule has 5 nitrogen and oxygen atoms in total. The third kappa shape index (κ3) is 2.88. The van der Waals surface area contributed by atoms with Crippen LogP contribution in [0.2, 0.25) is 0 Å². The van der Waals surface area contributed by atoms with Crippen molar-refractivity contribution in [2.75, 3.05) is 12.4 Å². The third-order valence-corrected chi connectivity index (χ3v) is 3.92. The van der Waals surface area contributed by atoms with Gasteiger partial charge in [0.1, 0.15) is 11.3 Å². The molecule has 2 atom stereocenters. The van der Waals surface area contributed by atoms with Crippen LogP contribution in [-0.4, -0.2) is 34.2 Å². The quantitative estimate of drug-likeness (QED) is 0.871. The number of nitrogens with one attached hydrogen (secondary N) is 1. The molecular weight excluding hydrogens is 252 g/mol. The highest BCUT2D eigenvalue weighted by Crippen LogP contribution is 2.23. The number of pyridine rings is 1. The number of aromatic nitrogens is 3. The normalized spacial score (nSPS) is 23.4. The maximum absolute atomic E-state index is 5.63. The topological polar surface area (TPSA) is 59.9 Å². The monoisotopic (exact) mass is 272 g/mol. The molecule has 1 saturated carbocycles. The minimum Gasteiger partial charge on any atom is -0.379 e. The van der Waals surface area contributed by atoms with Crippen LogP contribution >= 0.6 is 0 Å². The highest BCUT2D eigenvalue weighted by Gasteiger charge is 2.23. The summed E-state index contributed by atoms with van der Waals surface area (Å²) >= 11 is 0. The summed E-state index contributed by atoms with van der Waals surface area (Å²) in [5, 5.41) is 3.51. The Bertz CT molecular complexity index is 575. The molecule has 5 heteroatoms. The van der Waals surface area contributed by atoms with Crippen LogP contribution in [0.1, 0.15) is 32.1 Å². The van der Waals surface area contributed by atoms with Crippen LogP contribution < -0.4 is 5.32 Å². The van der Waals surface area contributed by atoms with Crippen molar-refractivity contribution in [2.45, 2.75) is 44.2 Å². The Kier molecular flexibility index (Phi) is 4.06. The summed E-state index contributed by atoms with van der Waals surface area (Å²) in [6.07, 6.45) is 9.62. The smallest absolute Gasteiger partial charge is 0.180 e. The van der Waals surface area contributed by atoms with Crippen LogP contribution in [0.15, 0.2) is 24.5 Å². The van der Waals surface area contributed by atoms with Crippen molar-refractivity contribution in [1.29, 1.82) is 0 Å². The van der Waals surface area contributed by atoms with Crippen LogP contribution in [0.25, 0.3) is 11.2 Å². The molecule has 2 aromatic rings. The lowest BCUT2D eigenvalue weighted by molar-refractivity contribution is 0.0805. The highest BCUT2D eigenvalue weighted by atomic mass is 16.5. The van der Waals surface area contributed by atoms with E-state index >= 15 is 0 Å². The number of anilines is 1. The van der Waals surface area contributed by atoms with Crippen molar-refractivity contribution in [3.8, 4) is 0 Å². The van der Waals surface area contributed by atoms with E-state index in [0.717, 1.165) is 24.2 Å². The van der Waals surface area contributed by atoms with Crippen molar-refractivity contribution < 1.29 is 4.74 Å². The minimum absolute atomic E-state index is 0.261. The van der Waals surface area contributed by atoms with E-state index in [1.165, 1.54) is 19.3 Å². The molecule has 0 radical (unpaired) electrons. The molecule has 1 N–H and O–H groups in total. The number of hydrogen-bond acceptors (Lipinski definition) is 5. The van der Waals surface area contributed by atoms with Gasteiger partial charge in [-0.2, -0.15) is 0 Å². The number of ether oxygens (including phenoxy) is 1. The number of hydrogen-bond donors (Lipinski definition) is 1. The molecule has 0 aromatic carbocycles. The van der Waals surface area contributed by atoms with Crippen LogP contribution in [0, 0.1) is 0 Å². The maximum Gasteiger partial charge on any atom is 0.180 e. The Hall–Kier alpha value is -1.75. The second-order valence-corrected chi connectivity index (χ2v) is 5.26. The van der Waals surface area contributed by atoms with Crippen LogP contribution in [0.4, 0.5) is 5.82 Å². The second kappa shape index (κ2) is 6.13. The van der Waals surface area contributed by atoms with E-state index in [4.69, 9.17) is 4.74 Å². The Morgan fingerprint density at radius 3 is 2.85 bits per heavy atom. The van der Waals surface area contributed by atoms with E-state index in [1.807, 2.05) is 12.1 Å². The lowest BCUT2D eigenvalue weighted by Gasteiger charge is -2.25. The molecule has 1 fully saturated rings. The molecule has 2 heterocycles. The largest absolute Gasteiger partial charge is 0.379 e. The Morgan fingerprint density at radius 1 is 1.10 bits per heavy atom. The van der Waals surface area contributed by atoms with Crippen molar-refractivity contribution in [3.63, 3.8) is 0 Å². The first-order chi connectivity index (χ1) is 9.86. The van der Waals surface area contributed by atoms with E-state index in [1.54, 1.807) is 19.5 Å². The summed E-state index contributed by atoms with van der Waals surface area (Å²) in [4.78, 5) is 13.0. The van der Waals surface area contributed by atoms with E-state index in [0.29, 0.717) is 11.7 Å². The first-order valence-corrected chi connectivity index (χ1v) is 7.24. The first-order valence-electron chi connectivity index (χ1n) is 7.24. The van der Waals surface area contributed by atoms with Crippen molar-refractivity contribution in [3.05, 3.63) is 24.5 Å². The fraction of sp³-hybridized carbons (Fsp3) is 0.533. The molecule has 0 saturated heterocycles. The lowest BCUT2D eigenvalue weighted by Crippen LogP contribution is -2.34. The van der Waals surface area contributed by atoms with E-state index in [2.05, 4.69) is 20.3 Å². The van der Waals surface area contributed by atoms with Gasteiger partial charge in [-0.3, -0.25) is 4.98 Å². The van der Waals surface area contributed by atoms with Gasteiger partial charge in [-0.05, 0) is 25.0 Å². The number of nitrogens with zero attached hydrogens (tertiary/aromatic N) is 3. The zero-order valence-electron chi connectivity index (χ0n) is 11.7. The van der Waals surface area contributed by atoms with Gasteiger partial charge < -0.3 is 10.1 Å². The van der Waals surface area contributed by atoms with Gasteiger partial charge in [-0.15, -0.1) is 0 Å². The summed E-state index contributed by atoms with van der Waals surface area (Å²) < 4.78 is 5.63. The summed E-state index contributed by atoms with van der Waals surface area (Å²) in [7, 11) is 1.80. The van der Waals surface area contributed by atoms with Crippen molar-refractivity contribution >= 4 is 17.0 Å². The summed E-state index contributed by atoms with van der Waals surface area (Å²) in [5.74, 6) is 0.854. The van der Waals surface area contributed by atoms with Crippen molar-refractivity contribution in [1.82, 2.24) is 15.0 Å². The van der Waals surface area contributed by atoms with Gasteiger partial charge >= 0.3 is 0 Å². The Balaban J connectivity index is 1.80. The van der Waals surface area contributed by atoms with Crippen LogP contribution in [0.3, 0.4) is 0 Å². The number of rotatable bonds is 3. The maximum atomic E-state index is 5.63. The Labute approximate surface area is 118 Å². The zero-order chi connectivity index (χ0) is 13.8. The number of fused-ring (bicyclic) bond motifs is 1. The van der Waals surface area contributed by atoms with E-state index in [9.17, 15) is 0 Å². The molecule has 0 amide bonds. The second-order valence-electron chi connectivity index (χ2n) is 5.26. The molecular formula is C15H20N4O. The van der Waals surface area contributed by atoms with Crippen LogP contribution in [-0.2, 0) is 4.74 Å². The van der Waals surface area contributed by atoms with Gasteiger partial charge in [0, 0.05) is 19.5 Å². The molecule has 1 aliphatic rings. The van der Waals surface area contributed by atoms with Crippen LogP contribution in [0.5, 0.6) is 0 Å². The van der Waals surface area contributed by atoms with Gasteiger partial charge in [-0.1, -0.05) is 19.3 Å². The highest BCUT2D eigenvalue weighted by molar-refractivity contribution is 5.71. The fourth-order valence-electron chi connectivity index (χ4n) is 2.85. The number of methoxy groups -OCH3 is 1. The molecule has 1 aliphatic carbocycles.